The van der Waals surface area contributed by atoms with Gasteiger partial charge in [-0.1, -0.05) is 42.5 Å². The highest BCUT2D eigenvalue weighted by atomic mass is 16.1. The Morgan fingerprint density at radius 1 is 0.952 bits per heavy atom. The Hall–Kier alpha value is -3.01. The molecule has 2 aliphatic rings. The van der Waals surface area contributed by atoms with Gasteiger partial charge >= 0.3 is 0 Å². The van der Waals surface area contributed by atoms with Crippen molar-refractivity contribution in [2.45, 2.75) is 0 Å². The molecule has 0 atom stereocenters. The molecule has 0 unspecified atom stereocenters. The molecule has 102 valence electrons. The van der Waals surface area contributed by atoms with Gasteiger partial charge in [0.25, 0.3) is 5.91 Å². The van der Waals surface area contributed by atoms with Gasteiger partial charge in [0.05, 0.1) is 11.0 Å². The summed E-state index contributed by atoms with van der Waals surface area (Å²) in [5, 5.41) is 5.66. The molecule has 4 heteroatoms. The van der Waals surface area contributed by atoms with Crippen LogP contribution in [0.4, 0.5) is 5.69 Å². The highest BCUT2D eigenvalue weighted by molar-refractivity contribution is 6.06. The van der Waals surface area contributed by atoms with Crippen LogP contribution >= 0.6 is 0 Å². The van der Waals surface area contributed by atoms with Crippen molar-refractivity contribution in [3.63, 3.8) is 0 Å². The van der Waals surface area contributed by atoms with Crippen molar-refractivity contribution >= 4 is 30.0 Å². The molecule has 0 fully saturated rings. The zero-order chi connectivity index (χ0) is 14.5. The summed E-state index contributed by atoms with van der Waals surface area (Å²) < 4.78 is 0. The van der Waals surface area contributed by atoms with Crippen LogP contribution in [0.5, 0.6) is 0 Å². The van der Waals surface area contributed by atoms with E-state index in [1.165, 1.54) is 11.6 Å². The van der Waals surface area contributed by atoms with Crippen LogP contribution in [0.2, 0.25) is 0 Å². The van der Waals surface area contributed by atoms with Crippen LogP contribution in [-0.4, -0.2) is 12.1 Å². The standard InChI is InChI=1S/C9H8N2.C8H5NO/c1-2-6-9-8(4-1)5-3-7-10-11-9;10-8-5-6-3-1-2-4-7(6)9-8/h1-7,11H;1-5H. The number of allylic oxidation sites excluding steroid dienone is 1. The zero-order valence-electron chi connectivity index (χ0n) is 11.2. The van der Waals surface area contributed by atoms with Crippen molar-refractivity contribution in [2.24, 2.45) is 10.1 Å². The number of benzene rings is 2. The second-order valence-electron chi connectivity index (χ2n) is 4.49. The van der Waals surface area contributed by atoms with E-state index in [2.05, 4.69) is 15.5 Å². The molecule has 1 N–H and O–H groups in total. The summed E-state index contributed by atoms with van der Waals surface area (Å²) in [6, 6.07) is 15.5. The number of fused-ring (bicyclic) bond motifs is 2. The van der Waals surface area contributed by atoms with Crippen molar-refractivity contribution in [1.82, 2.24) is 0 Å². The number of rotatable bonds is 0. The molecule has 4 nitrogen and oxygen atoms in total. The Morgan fingerprint density at radius 2 is 1.76 bits per heavy atom. The largest absolute Gasteiger partial charge is 0.278 e. The van der Waals surface area contributed by atoms with Gasteiger partial charge in [-0.25, -0.2) is 4.99 Å². The fourth-order valence-corrected chi connectivity index (χ4v) is 2.04. The van der Waals surface area contributed by atoms with E-state index in [0.29, 0.717) is 0 Å². The topological polar surface area (TPSA) is 53.8 Å². The summed E-state index contributed by atoms with van der Waals surface area (Å²) in [7, 11) is 0. The van der Waals surface area contributed by atoms with E-state index in [4.69, 9.17) is 0 Å². The maximum Gasteiger partial charge on any atom is 0.270 e. The Morgan fingerprint density at radius 3 is 2.67 bits per heavy atom. The lowest BCUT2D eigenvalue weighted by Crippen LogP contribution is -2.19. The summed E-state index contributed by atoms with van der Waals surface area (Å²) in [6.07, 6.45) is 7.22. The molecule has 0 aromatic heterocycles. The lowest BCUT2D eigenvalue weighted by Gasteiger charge is -2.00. The van der Waals surface area contributed by atoms with Gasteiger partial charge < -0.3 is 0 Å². The molecule has 0 spiro atoms. The number of hydrazone groups is 1. The van der Waals surface area contributed by atoms with Crippen LogP contribution < -0.4 is 16.0 Å². The van der Waals surface area contributed by atoms with Crippen LogP contribution in [0.1, 0.15) is 5.56 Å². The number of hydrogen-bond acceptors (Lipinski definition) is 3. The first-order valence-electron chi connectivity index (χ1n) is 6.57. The van der Waals surface area contributed by atoms with Crippen LogP contribution in [0.25, 0.3) is 12.2 Å². The van der Waals surface area contributed by atoms with Gasteiger partial charge in [0.15, 0.2) is 0 Å². The molecule has 21 heavy (non-hydrogen) atoms. The van der Waals surface area contributed by atoms with Gasteiger partial charge in [-0.15, -0.1) is 0 Å². The maximum atomic E-state index is 10.7. The van der Waals surface area contributed by atoms with Crippen LogP contribution in [0, 0.1) is 0 Å². The van der Waals surface area contributed by atoms with E-state index in [0.717, 1.165) is 16.3 Å². The van der Waals surface area contributed by atoms with E-state index < -0.39 is 0 Å². The van der Waals surface area contributed by atoms with Gasteiger partial charge in [0, 0.05) is 17.5 Å². The molecule has 2 heterocycles. The summed E-state index contributed by atoms with van der Waals surface area (Å²) in [4.78, 5) is 14.4. The maximum absolute atomic E-state index is 10.7. The minimum absolute atomic E-state index is 0.152. The molecule has 2 aromatic rings. The monoisotopic (exact) mass is 275 g/mol. The molecule has 2 aromatic carbocycles. The van der Waals surface area contributed by atoms with Crippen molar-refractivity contribution < 1.29 is 4.79 Å². The summed E-state index contributed by atoms with van der Waals surface area (Å²) >= 11 is 0. The molecule has 4 rings (SSSR count). The Balaban J connectivity index is 0.000000126. The average Bonchev–Trinajstić information content (AvgIpc) is 2.73. The lowest BCUT2D eigenvalue weighted by atomic mass is 10.2. The van der Waals surface area contributed by atoms with E-state index in [9.17, 15) is 4.79 Å². The highest BCUT2D eigenvalue weighted by Crippen LogP contribution is 2.17. The summed E-state index contributed by atoms with van der Waals surface area (Å²) in [6.45, 7) is 0. The lowest BCUT2D eigenvalue weighted by molar-refractivity contribution is -0.112. The minimum Gasteiger partial charge on any atom is -0.278 e. The fourth-order valence-electron chi connectivity index (χ4n) is 2.04. The minimum atomic E-state index is -0.152. The number of nitrogens with one attached hydrogen (secondary N) is 1. The van der Waals surface area contributed by atoms with Crippen molar-refractivity contribution in [1.29, 1.82) is 0 Å². The van der Waals surface area contributed by atoms with Crippen molar-refractivity contribution in [3.05, 3.63) is 70.7 Å². The predicted molar refractivity (Wildman–Crippen MR) is 84.3 cm³/mol. The van der Waals surface area contributed by atoms with Crippen molar-refractivity contribution in [3.8, 4) is 0 Å². The van der Waals surface area contributed by atoms with E-state index in [-0.39, 0.29) is 5.91 Å². The fraction of sp³-hybridized carbons (Fsp3) is 0. The molecule has 0 radical (unpaired) electrons. The number of nitrogens with zero attached hydrogens (tertiary/aromatic N) is 2. The molecule has 1 amide bonds. The van der Waals surface area contributed by atoms with Crippen molar-refractivity contribution in [2.75, 3.05) is 5.43 Å². The Kier molecular flexibility index (Phi) is 3.69. The zero-order valence-corrected chi connectivity index (χ0v) is 11.2. The van der Waals surface area contributed by atoms with E-state index >= 15 is 0 Å². The number of hydrogen-bond donors (Lipinski definition) is 1. The third-order valence-electron chi connectivity index (χ3n) is 3.03. The van der Waals surface area contributed by atoms with Crippen LogP contribution in [0.15, 0.2) is 64.7 Å². The Labute approximate surface area is 121 Å². The summed E-state index contributed by atoms with van der Waals surface area (Å²) in [5.74, 6) is -0.152. The van der Waals surface area contributed by atoms with Crippen LogP contribution in [-0.2, 0) is 4.79 Å². The first kappa shape index (κ1) is 13.0. The molecule has 0 saturated carbocycles. The van der Waals surface area contributed by atoms with Gasteiger partial charge in [-0.2, -0.15) is 5.10 Å². The van der Waals surface area contributed by atoms with E-state index in [1.54, 1.807) is 6.21 Å². The van der Waals surface area contributed by atoms with Gasteiger partial charge in [-0.05, 0) is 23.8 Å². The Bertz CT molecular complexity index is 813. The third kappa shape index (κ3) is 3.12. The average molecular weight is 275 g/mol. The first-order valence-corrected chi connectivity index (χ1v) is 6.57. The van der Waals surface area contributed by atoms with Gasteiger partial charge in [-0.3, -0.25) is 10.2 Å². The van der Waals surface area contributed by atoms with Gasteiger partial charge in [0.2, 0.25) is 0 Å². The molecule has 2 aliphatic heterocycles. The second kappa shape index (κ2) is 5.96. The molecular formula is C17H13N3O. The number of carbonyl (C=O) groups excluding carboxylic acids is 1. The van der Waals surface area contributed by atoms with Crippen LogP contribution in [0.3, 0.4) is 0 Å². The smallest absolute Gasteiger partial charge is 0.270 e. The number of amides is 1. The number of para-hydroxylation sites is 2. The normalized spacial score (nSPS) is 13.6. The summed E-state index contributed by atoms with van der Waals surface area (Å²) in [5.41, 5.74) is 5.16. The molecule has 0 saturated heterocycles. The van der Waals surface area contributed by atoms with Gasteiger partial charge in [0.1, 0.15) is 0 Å². The number of anilines is 1. The highest BCUT2D eigenvalue weighted by Gasteiger charge is 1.99. The number of carbonyl (C=O) groups is 1. The molecular weight excluding hydrogens is 262 g/mol. The molecule has 0 bridgehead atoms. The molecule has 0 aliphatic carbocycles. The predicted octanol–water partition coefficient (Wildman–Crippen LogP) is 1.74. The first-order chi connectivity index (χ1) is 10.3. The quantitative estimate of drug-likeness (QED) is 0.796. The third-order valence-corrected chi connectivity index (χ3v) is 3.03. The second-order valence-corrected chi connectivity index (χ2v) is 4.49. The van der Waals surface area contributed by atoms with E-state index in [1.807, 2.05) is 60.7 Å². The SMILES string of the molecule is C1=Cc2ccccc2NN=C1.O=C1C=c2ccccc2=N1.